The van der Waals surface area contributed by atoms with Crippen molar-refractivity contribution in [2.45, 2.75) is 84.8 Å². The lowest BCUT2D eigenvalue weighted by molar-refractivity contribution is 0.0339. The van der Waals surface area contributed by atoms with E-state index in [1.165, 1.54) is 32.2 Å². The Balaban J connectivity index is 2.60. The summed E-state index contributed by atoms with van der Waals surface area (Å²) in [5, 5.41) is 3.70. The molecule has 0 spiro atoms. The fraction of sp³-hybridized carbons (Fsp3) is 1.00. The Kier molecular flexibility index (Phi) is 6.13. The maximum Gasteiger partial charge on any atom is 0.0253 e. The van der Waals surface area contributed by atoms with E-state index < -0.39 is 0 Å². The van der Waals surface area contributed by atoms with Crippen molar-refractivity contribution in [3.8, 4) is 0 Å². The van der Waals surface area contributed by atoms with E-state index in [0.29, 0.717) is 6.04 Å². The molecule has 0 aromatic rings. The predicted molar refractivity (Wildman–Crippen MR) is 81.0 cm³/mol. The largest absolute Gasteiger partial charge is 0.309 e. The molecule has 1 aliphatic rings. The second kappa shape index (κ2) is 6.91. The lowest BCUT2D eigenvalue weighted by Crippen LogP contribution is -2.64. The van der Waals surface area contributed by atoms with Gasteiger partial charge in [-0.05, 0) is 33.1 Å². The molecule has 1 saturated heterocycles. The molecule has 0 radical (unpaired) electrons. The second-order valence-electron chi connectivity index (χ2n) is 7.09. The van der Waals surface area contributed by atoms with Crippen molar-refractivity contribution < 1.29 is 0 Å². The first-order chi connectivity index (χ1) is 8.37. The highest BCUT2D eigenvalue weighted by atomic mass is 15.3. The third-order valence-corrected chi connectivity index (χ3v) is 4.35. The van der Waals surface area contributed by atoms with Crippen LogP contribution in [0.2, 0.25) is 0 Å². The van der Waals surface area contributed by atoms with E-state index in [1.54, 1.807) is 0 Å². The van der Waals surface area contributed by atoms with Gasteiger partial charge in [-0.2, -0.15) is 0 Å². The van der Waals surface area contributed by atoms with Gasteiger partial charge in [0.1, 0.15) is 0 Å². The maximum atomic E-state index is 3.70. The third kappa shape index (κ3) is 4.55. The van der Waals surface area contributed by atoms with Crippen LogP contribution in [0.1, 0.15) is 67.2 Å². The van der Waals surface area contributed by atoms with Gasteiger partial charge in [-0.25, -0.2) is 0 Å². The molecule has 2 unspecified atom stereocenters. The highest BCUT2D eigenvalue weighted by molar-refractivity contribution is 4.95. The highest BCUT2D eigenvalue weighted by Gasteiger charge is 2.35. The minimum Gasteiger partial charge on any atom is -0.309 e. The molecule has 108 valence electrons. The maximum absolute atomic E-state index is 3.70. The summed E-state index contributed by atoms with van der Waals surface area (Å²) in [5.41, 5.74) is 0.268. The highest BCUT2D eigenvalue weighted by Crippen LogP contribution is 2.24. The van der Waals surface area contributed by atoms with Gasteiger partial charge in [0.2, 0.25) is 0 Å². The third-order valence-electron chi connectivity index (χ3n) is 4.35. The van der Waals surface area contributed by atoms with Crippen LogP contribution in [0.15, 0.2) is 0 Å². The molecule has 0 aromatic heterocycles. The van der Waals surface area contributed by atoms with Crippen LogP contribution in [0, 0.1) is 5.92 Å². The van der Waals surface area contributed by atoms with Gasteiger partial charge in [0.25, 0.3) is 0 Å². The summed E-state index contributed by atoms with van der Waals surface area (Å²) < 4.78 is 0. The molecule has 2 nitrogen and oxygen atoms in total. The minimum atomic E-state index is 0.268. The monoisotopic (exact) mass is 254 g/mol. The molecule has 1 rings (SSSR count). The molecule has 0 aliphatic carbocycles. The zero-order chi connectivity index (χ0) is 13.8. The Morgan fingerprint density at radius 1 is 1.22 bits per heavy atom. The van der Waals surface area contributed by atoms with Gasteiger partial charge >= 0.3 is 0 Å². The van der Waals surface area contributed by atoms with Crippen molar-refractivity contribution >= 4 is 0 Å². The van der Waals surface area contributed by atoms with Gasteiger partial charge in [-0.1, -0.05) is 40.0 Å². The Hall–Kier alpha value is -0.0800. The molecule has 0 amide bonds. The molecule has 2 atom stereocenters. The summed E-state index contributed by atoms with van der Waals surface area (Å²) in [6, 6.07) is 1.43. The number of nitrogens with one attached hydrogen (secondary N) is 1. The van der Waals surface area contributed by atoms with E-state index in [4.69, 9.17) is 0 Å². The smallest absolute Gasteiger partial charge is 0.0253 e. The quantitative estimate of drug-likeness (QED) is 0.728. The Morgan fingerprint density at radius 2 is 1.89 bits per heavy atom. The number of nitrogens with zero attached hydrogens (tertiary/aromatic N) is 1. The standard InChI is InChI=1S/C16H34N2/c1-7-8-9-10-14(4)18-12-16(5,6)17-11-15(18)13(2)3/h13-15,17H,7-12H2,1-6H3. The Morgan fingerprint density at radius 3 is 2.44 bits per heavy atom. The fourth-order valence-corrected chi connectivity index (χ4v) is 3.08. The number of hydrogen-bond acceptors (Lipinski definition) is 2. The van der Waals surface area contributed by atoms with Crippen molar-refractivity contribution in [1.82, 2.24) is 10.2 Å². The Bertz CT molecular complexity index is 235. The van der Waals surface area contributed by atoms with Crippen LogP contribution in [0.4, 0.5) is 0 Å². The first-order valence-corrected chi connectivity index (χ1v) is 7.88. The summed E-state index contributed by atoms with van der Waals surface area (Å²) in [4.78, 5) is 2.76. The van der Waals surface area contributed by atoms with Crippen LogP contribution in [0.3, 0.4) is 0 Å². The van der Waals surface area contributed by atoms with Crippen molar-refractivity contribution in [2.75, 3.05) is 13.1 Å². The normalized spacial score (nSPS) is 26.5. The molecular weight excluding hydrogens is 220 g/mol. The lowest BCUT2D eigenvalue weighted by atomic mass is 9.91. The topological polar surface area (TPSA) is 15.3 Å². The van der Waals surface area contributed by atoms with Crippen LogP contribution in [-0.2, 0) is 0 Å². The molecule has 2 heteroatoms. The summed E-state index contributed by atoms with van der Waals surface area (Å²) in [6.07, 6.45) is 5.44. The van der Waals surface area contributed by atoms with E-state index in [9.17, 15) is 0 Å². The molecule has 1 aliphatic heterocycles. The van der Waals surface area contributed by atoms with Crippen molar-refractivity contribution in [3.63, 3.8) is 0 Å². The molecule has 1 N–H and O–H groups in total. The van der Waals surface area contributed by atoms with E-state index in [1.807, 2.05) is 0 Å². The minimum absolute atomic E-state index is 0.268. The average molecular weight is 254 g/mol. The van der Waals surface area contributed by atoms with Crippen molar-refractivity contribution in [1.29, 1.82) is 0 Å². The first-order valence-electron chi connectivity index (χ1n) is 7.88. The van der Waals surface area contributed by atoms with Crippen LogP contribution in [0.25, 0.3) is 0 Å². The molecule has 0 bridgehead atoms. The van der Waals surface area contributed by atoms with Crippen LogP contribution in [-0.4, -0.2) is 35.6 Å². The SMILES string of the molecule is CCCCCC(C)N1CC(C)(C)NCC1C(C)C. The van der Waals surface area contributed by atoms with Crippen LogP contribution < -0.4 is 5.32 Å². The summed E-state index contributed by atoms with van der Waals surface area (Å²) in [7, 11) is 0. The second-order valence-corrected chi connectivity index (χ2v) is 7.09. The van der Waals surface area contributed by atoms with Gasteiger partial charge in [-0.3, -0.25) is 4.90 Å². The molecule has 0 aromatic carbocycles. The van der Waals surface area contributed by atoms with E-state index >= 15 is 0 Å². The zero-order valence-electron chi connectivity index (χ0n) is 13.4. The van der Waals surface area contributed by atoms with Gasteiger partial charge in [0.05, 0.1) is 0 Å². The number of hydrogen-bond donors (Lipinski definition) is 1. The molecule has 18 heavy (non-hydrogen) atoms. The van der Waals surface area contributed by atoms with Crippen molar-refractivity contribution in [2.24, 2.45) is 5.92 Å². The summed E-state index contributed by atoms with van der Waals surface area (Å²) in [6.45, 7) is 16.4. The first kappa shape index (κ1) is 16.0. The van der Waals surface area contributed by atoms with Crippen LogP contribution in [0.5, 0.6) is 0 Å². The zero-order valence-corrected chi connectivity index (χ0v) is 13.4. The predicted octanol–water partition coefficient (Wildman–Crippen LogP) is 3.66. The van der Waals surface area contributed by atoms with Crippen molar-refractivity contribution in [3.05, 3.63) is 0 Å². The number of unbranched alkanes of at least 4 members (excludes halogenated alkanes) is 2. The fourth-order valence-electron chi connectivity index (χ4n) is 3.08. The Labute approximate surface area is 115 Å². The molecular formula is C16H34N2. The van der Waals surface area contributed by atoms with Gasteiger partial charge in [0.15, 0.2) is 0 Å². The number of piperazine rings is 1. The average Bonchev–Trinajstić information content (AvgIpc) is 2.27. The van der Waals surface area contributed by atoms with E-state index in [0.717, 1.165) is 18.5 Å². The van der Waals surface area contributed by atoms with E-state index in [-0.39, 0.29) is 5.54 Å². The lowest BCUT2D eigenvalue weighted by Gasteiger charge is -2.49. The van der Waals surface area contributed by atoms with Gasteiger partial charge in [0, 0.05) is 30.7 Å². The molecule has 0 saturated carbocycles. The summed E-state index contributed by atoms with van der Waals surface area (Å²) in [5.74, 6) is 0.738. The van der Waals surface area contributed by atoms with Gasteiger partial charge < -0.3 is 5.32 Å². The molecule has 1 fully saturated rings. The van der Waals surface area contributed by atoms with E-state index in [2.05, 4.69) is 51.8 Å². The van der Waals surface area contributed by atoms with Gasteiger partial charge in [-0.15, -0.1) is 0 Å². The number of rotatable bonds is 6. The van der Waals surface area contributed by atoms with Crippen LogP contribution >= 0.6 is 0 Å². The summed E-state index contributed by atoms with van der Waals surface area (Å²) >= 11 is 0. The molecule has 1 heterocycles.